The maximum Gasteiger partial charge on any atom is 0.161 e. The van der Waals surface area contributed by atoms with Gasteiger partial charge in [-0.2, -0.15) is 0 Å². The van der Waals surface area contributed by atoms with Gasteiger partial charge in [-0.3, -0.25) is 0 Å². The second-order valence-electron chi connectivity index (χ2n) is 4.48. The summed E-state index contributed by atoms with van der Waals surface area (Å²) in [7, 11) is 0. The van der Waals surface area contributed by atoms with Crippen molar-refractivity contribution in [2.45, 2.75) is 38.5 Å². The summed E-state index contributed by atoms with van der Waals surface area (Å²) < 4.78 is 44.4. The standard InChI is InChI=1S/C13H16F3NO/c1-2-18-10-4-9(5-10)17-7-8-3-12(15)13(16)6-11(8)14/h3,6,9-10,17H,2,4-5,7H2,1H3. The predicted molar refractivity (Wildman–Crippen MR) is 61.6 cm³/mol. The second-order valence-corrected chi connectivity index (χ2v) is 4.48. The highest BCUT2D eigenvalue weighted by Crippen LogP contribution is 2.24. The molecule has 0 radical (unpaired) electrons. The molecule has 1 aromatic carbocycles. The van der Waals surface area contributed by atoms with Crippen molar-refractivity contribution in [3.63, 3.8) is 0 Å². The molecule has 0 atom stereocenters. The fourth-order valence-corrected chi connectivity index (χ4v) is 2.06. The Bertz CT molecular complexity index is 419. The molecule has 1 saturated carbocycles. The van der Waals surface area contributed by atoms with Crippen molar-refractivity contribution < 1.29 is 17.9 Å². The molecule has 0 bridgehead atoms. The van der Waals surface area contributed by atoms with Crippen molar-refractivity contribution >= 4 is 0 Å². The van der Waals surface area contributed by atoms with Crippen LogP contribution >= 0.6 is 0 Å². The molecule has 0 saturated heterocycles. The van der Waals surface area contributed by atoms with Crippen LogP contribution in [0.25, 0.3) is 0 Å². The summed E-state index contributed by atoms with van der Waals surface area (Å²) in [6.45, 7) is 2.83. The highest BCUT2D eigenvalue weighted by atomic mass is 19.2. The van der Waals surface area contributed by atoms with Crippen molar-refractivity contribution in [3.8, 4) is 0 Å². The third kappa shape index (κ3) is 3.03. The zero-order valence-corrected chi connectivity index (χ0v) is 10.2. The highest BCUT2D eigenvalue weighted by molar-refractivity contribution is 5.20. The molecule has 0 aromatic heterocycles. The van der Waals surface area contributed by atoms with E-state index in [1.807, 2.05) is 6.92 Å². The molecule has 1 fully saturated rings. The minimum atomic E-state index is -1.16. The van der Waals surface area contributed by atoms with E-state index in [0.29, 0.717) is 12.7 Å². The monoisotopic (exact) mass is 259 g/mol. The zero-order valence-electron chi connectivity index (χ0n) is 10.2. The van der Waals surface area contributed by atoms with E-state index in [1.165, 1.54) is 0 Å². The van der Waals surface area contributed by atoms with E-state index in [1.54, 1.807) is 0 Å². The lowest BCUT2D eigenvalue weighted by Crippen LogP contribution is -2.45. The normalized spacial score (nSPS) is 22.9. The third-order valence-corrected chi connectivity index (χ3v) is 3.17. The van der Waals surface area contributed by atoms with Gasteiger partial charge in [-0.25, -0.2) is 13.2 Å². The van der Waals surface area contributed by atoms with Gasteiger partial charge in [-0.15, -0.1) is 0 Å². The lowest BCUT2D eigenvalue weighted by molar-refractivity contribution is -0.0102. The number of rotatable bonds is 5. The maximum atomic E-state index is 13.3. The molecular formula is C13H16F3NO. The molecular weight excluding hydrogens is 243 g/mol. The molecule has 0 heterocycles. The van der Waals surface area contributed by atoms with Crippen LogP contribution in [0.1, 0.15) is 25.3 Å². The minimum Gasteiger partial charge on any atom is -0.378 e. The molecule has 18 heavy (non-hydrogen) atoms. The zero-order chi connectivity index (χ0) is 13.1. The van der Waals surface area contributed by atoms with E-state index < -0.39 is 17.5 Å². The molecule has 1 aliphatic rings. The van der Waals surface area contributed by atoms with Crippen LogP contribution in [-0.2, 0) is 11.3 Å². The summed E-state index contributed by atoms with van der Waals surface area (Å²) in [6.07, 6.45) is 2.01. The van der Waals surface area contributed by atoms with Gasteiger partial charge in [-0.1, -0.05) is 0 Å². The Morgan fingerprint density at radius 1 is 1.17 bits per heavy atom. The lowest BCUT2D eigenvalue weighted by Gasteiger charge is -2.35. The summed E-state index contributed by atoms with van der Waals surface area (Å²) in [6, 6.07) is 1.74. The van der Waals surface area contributed by atoms with Crippen molar-refractivity contribution in [2.75, 3.05) is 6.61 Å². The summed E-state index contributed by atoms with van der Waals surface area (Å²) in [4.78, 5) is 0. The van der Waals surface area contributed by atoms with Gasteiger partial charge in [0.15, 0.2) is 11.6 Å². The molecule has 100 valence electrons. The predicted octanol–water partition coefficient (Wildman–Crippen LogP) is 2.76. The van der Waals surface area contributed by atoms with Crippen LogP contribution in [0.15, 0.2) is 12.1 Å². The molecule has 0 spiro atoms. The van der Waals surface area contributed by atoms with Gasteiger partial charge in [0.05, 0.1) is 6.10 Å². The molecule has 2 nitrogen and oxygen atoms in total. The molecule has 0 unspecified atom stereocenters. The van der Waals surface area contributed by atoms with E-state index in [4.69, 9.17) is 4.74 Å². The summed E-state index contributed by atoms with van der Waals surface area (Å²) in [5.41, 5.74) is 0.147. The molecule has 0 amide bonds. The number of benzene rings is 1. The van der Waals surface area contributed by atoms with Crippen molar-refractivity contribution in [1.82, 2.24) is 5.32 Å². The summed E-state index contributed by atoms with van der Waals surface area (Å²) in [5, 5.41) is 3.10. The van der Waals surface area contributed by atoms with Gasteiger partial charge in [0.25, 0.3) is 0 Å². The van der Waals surface area contributed by atoms with Gasteiger partial charge in [0.1, 0.15) is 5.82 Å². The Morgan fingerprint density at radius 3 is 2.50 bits per heavy atom. The van der Waals surface area contributed by atoms with E-state index >= 15 is 0 Å². The Hall–Kier alpha value is -1.07. The first kappa shape index (κ1) is 13.4. The Kier molecular flexibility index (Phi) is 4.24. The van der Waals surface area contributed by atoms with Crippen LogP contribution in [0.2, 0.25) is 0 Å². The fraction of sp³-hybridized carbons (Fsp3) is 0.538. The molecule has 1 aromatic rings. The average molecular weight is 259 g/mol. The van der Waals surface area contributed by atoms with Crippen LogP contribution < -0.4 is 5.32 Å². The molecule has 1 aliphatic carbocycles. The van der Waals surface area contributed by atoms with Crippen LogP contribution in [0.4, 0.5) is 13.2 Å². The smallest absolute Gasteiger partial charge is 0.161 e. The first-order valence-electron chi connectivity index (χ1n) is 6.08. The maximum absolute atomic E-state index is 13.3. The Labute approximate surface area is 104 Å². The molecule has 0 aliphatic heterocycles. The topological polar surface area (TPSA) is 21.3 Å². The van der Waals surface area contributed by atoms with Crippen molar-refractivity contribution in [3.05, 3.63) is 35.1 Å². The second kappa shape index (κ2) is 5.71. The minimum absolute atomic E-state index is 0.147. The number of hydrogen-bond acceptors (Lipinski definition) is 2. The molecule has 1 N–H and O–H groups in total. The van der Waals surface area contributed by atoms with E-state index in [0.717, 1.165) is 18.9 Å². The fourth-order valence-electron chi connectivity index (χ4n) is 2.06. The molecule has 2 rings (SSSR count). The molecule has 5 heteroatoms. The van der Waals surface area contributed by atoms with Crippen molar-refractivity contribution in [2.24, 2.45) is 0 Å². The average Bonchev–Trinajstić information content (AvgIpc) is 2.27. The first-order chi connectivity index (χ1) is 8.60. The van der Waals surface area contributed by atoms with Crippen molar-refractivity contribution in [1.29, 1.82) is 0 Å². The van der Waals surface area contributed by atoms with Gasteiger partial charge < -0.3 is 10.1 Å². The highest BCUT2D eigenvalue weighted by Gasteiger charge is 2.29. The third-order valence-electron chi connectivity index (χ3n) is 3.17. The summed E-state index contributed by atoms with van der Waals surface area (Å²) >= 11 is 0. The van der Waals surface area contributed by atoms with Crippen LogP contribution in [0.3, 0.4) is 0 Å². The Morgan fingerprint density at radius 2 is 1.83 bits per heavy atom. The van der Waals surface area contributed by atoms with Gasteiger partial charge in [-0.05, 0) is 25.8 Å². The summed E-state index contributed by atoms with van der Waals surface area (Å²) in [5.74, 6) is -2.90. The number of ether oxygens (including phenoxy) is 1. The quantitative estimate of drug-likeness (QED) is 0.821. The number of nitrogens with one attached hydrogen (secondary N) is 1. The van der Waals surface area contributed by atoms with Gasteiger partial charge in [0, 0.05) is 30.8 Å². The number of hydrogen-bond donors (Lipinski definition) is 1. The van der Waals surface area contributed by atoms with E-state index in [-0.39, 0.29) is 24.3 Å². The van der Waals surface area contributed by atoms with Gasteiger partial charge >= 0.3 is 0 Å². The van der Waals surface area contributed by atoms with E-state index in [9.17, 15) is 13.2 Å². The lowest BCUT2D eigenvalue weighted by atomic mass is 9.89. The number of halogens is 3. The van der Waals surface area contributed by atoms with E-state index in [2.05, 4.69) is 5.32 Å². The first-order valence-corrected chi connectivity index (χ1v) is 6.08. The Balaban J connectivity index is 1.83. The van der Waals surface area contributed by atoms with Crippen LogP contribution in [-0.4, -0.2) is 18.8 Å². The SMILES string of the molecule is CCOC1CC(NCc2cc(F)c(F)cc2F)C1. The van der Waals surface area contributed by atoms with Gasteiger partial charge in [0.2, 0.25) is 0 Å². The van der Waals surface area contributed by atoms with Crippen LogP contribution in [0.5, 0.6) is 0 Å². The van der Waals surface area contributed by atoms with Crippen LogP contribution in [0, 0.1) is 17.5 Å². The largest absolute Gasteiger partial charge is 0.378 e.